The molecule has 2 aromatic carbocycles. The van der Waals surface area contributed by atoms with E-state index in [1.165, 1.54) is 4.31 Å². The van der Waals surface area contributed by atoms with E-state index in [4.69, 9.17) is 9.47 Å². The van der Waals surface area contributed by atoms with Gasteiger partial charge in [0.1, 0.15) is 5.75 Å². The van der Waals surface area contributed by atoms with Crippen LogP contribution < -0.4 is 9.04 Å². The molecule has 0 radical (unpaired) electrons. The first kappa shape index (κ1) is 24.6. The fraction of sp³-hybridized carbons (Fsp3) is 0.417. The Hall–Kier alpha value is -3.07. The molecule has 0 aromatic heterocycles. The summed E-state index contributed by atoms with van der Waals surface area (Å²) in [6, 6.07) is 14.9. The van der Waals surface area contributed by atoms with Crippen molar-refractivity contribution >= 4 is 27.6 Å². The van der Waals surface area contributed by atoms with Crippen molar-refractivity contribution in [3.05, 3.63) is 54.6 Å². The third kappa shape index (κ3) is 6.04. The normalized spacial score (nSPS) is 14.5. The van der Waals surface area contributed by atoms with Gasteiger partial charge in [-0.3, -0.25) is 13.9 Å². The van der Waals surface area contributed by atoms with Gasteiger partial charge in [-0.1, -0.05) is 18.2 Å². The van der Waals surface area contributed by atoms with Crippen molar-refractivity contribution in [1.29, 1.82) is 0 Å². The van der Waals surface area contributed by atoms with Gasteiger partial charge < -0.3 is 14.4 Å². The van der Waals surface area contributed by atoms with Crippen LogP contribution in [0.25, 0.3) is 0 Å². The van der Waals surface area contributed by atoms with Crippen LogP contribution in [-0.2, 0) is 24.3 Å². The summed E-state index contributed by atoms with van der Waals surface area (Å²) in [5.41, 5.74) is 0.515. The Kier molecular flexibility index (Phi) is 8.32. The summed E-state index contributed by atoms with van der Waals surface area (Å²) in [6.45, 7) is 5.05. The van der Waals surface area contributed by atoms with E-state index in [9.17, 15) is 18.0 Å². The van der Waals surface area contributed by atoms with Crippen LogP contribution in [0.4, 0.5) is 5.69 Å². The van der Waals surface area contributed by atoms with E-state index in [-0.39, 0.29) is 35.8 Å². The highest BCUT2D eigenvalue weighted by Gasteiger charge is 2.28. The Morgan fingerprint density at radius 3 is 2.21 bits per heavy atom. The van der Waals surface area contributed by atoms with Crippen molar-refractivity contribution in [1.82, 2.24) is 4.90 Å². The van der Waals surface area contributed by atoms with Crippen molar-refractivity contribution < 1.29 is 27.5 Å². The van der Waals surface area contributed by atoms with Crippen molar-refractivity contribution in [2.45, 2.75) is 31.6 Å². The van der Waals surface area contributed by atoms with Crippen LogP contribution >= 0.6 is 0 Å². The molecule has 1 aliphatic heterocycles. The molecule has 0 saturated carbocycles. The molecule has 0 N–H and O–H groups in total. The quantitative estimate of drug-likeness (QED) is 0.519. The summed E-state index contributed by atoms with van der Waals surface area (Å²) in [5, 5.41) is 0. The highest BCUT2D eigenvalue weighted by atomic mass is 32.2. The molecule has 2 aromatic rings. The molecule has 0 unspecified atom stereocenters. The highest BCUT2D eigenvalue weighted by molar-refractivity contribution is 7.92. The van der Waals surface area contributed by atoms with Crippen molar-refractivity contribution in [2.75, 3.05) is 37.2 Å². The molecule has 9 heteroatoms. The molecular weight excluding hydrogens is 444 g/mol. The van der Waals surface area contributed by atoms with Crippen LogP contribution in [0.15, 0.2) is 59.5 Å². The number of rotatable bonds is 9. The molecule has 0 bridgehead atoms. The molecule has 3 rings (SSSR count). The first-order valence-corrected chi connectivity index (χ1v) is 12.6. The molecule has 1 heterocycles. The number of amides is 1. The number of nitrogens with zero attached hydrogens (tertiary/aromatic N) is 2. The number of carbonyl (C=O) groups is 2. The lowest BCUT2D eigenvalue weighted by atomic mass is 9.97. The number of hydrogen-bond acceptors (Lipinski definition) is 6. The molecule has 33 heavy (non-hydrogen) atoms. The predicted octanol–water partition coefficient (Wildman–Crippen LogP) is 3.08. The van der Waals surface area contributed by atoms with Crippen LogP contribution in [0.1, 0.15) is 26.7 Å². The van der Waals surface area contributed by atoms with Crippen molar-refractivity contribution in [3.63, 3.8) is 0 Å². The Balaban J connectivity index is 1.55. The average Bonchev–Trinajstić information content (AvgIpc) is 2.84. The largest absolute Gasteiger partial charge is 0.484 e. The van der Waals surface area contributed by atoms with Gasteiger partial charge in [0.15, 0.2) is 6.61 Å². The van der Waals surface area contributed by atoms with E-state index in [0.29, 0.717) is 44.0 Å². The SMILES string of the molecule is CCOC(=O)C1CCN(C(=O)COc2ccc(N(CC)S(=O)(=O)c3ccccc3)cc2)CC1. The zero-order valence-electron chi connectivity index (χ0n) is 19.0. The summed E-state index contributed by atoms with van der Waals surface area (Å²) in [4.78, 5) is 26.2. The van der Waals surface area contributed by atoms with Gasteiger partial charge in [0.2, 0.25) is 0 Å². The van der Waals surface area contributed by atoms with Gasteiger partial charge in [-0.2, -0.15) is 0 Å². The summed E-state index contributed by atoms with van der Waals surface area (Å²) in [5.74, 6) is -0.0302. The summed E-state index contributed by atoms with van der Waals surface area (Å²) < 4.78 is 37.9. The minimum Gasteiger partial charge on any atom is -0.484 e. The molecule has 1 aliphatic rings. The fourth-order valence-electron chi connectivity index (χ4n) is 3.78. The van der Waals surface area contributed by atoms with E-state index in [0.717, 1.165) is 0 Å². The molecule has 1 amide bonds. The third-order valence-electron chi connectivity index (χ3n) is 5.57. The van der Waals surface area contributed by atoms with Crippen LogP contribution in [0, 0.1) is 5.92 Å². The summed E-state index contributed by atoms with van der Waals surface area (Å²) >= 11 is 0. The number of esters is 1. The number of likely N-dealkylation sites (tertiary alicyclic amines) is 1. The second-order valence-electron chi connectivity index (χ2n) is 7.67. The minimum atomic E-state index is -3.67. The van der Waals surface area contributed by atoms with E-state index in [1.807, 2.05) is 0 Å². The highest BCUT2D eigenvalue weighted by Crippen LogP contribution is 2.26. The maximum atomic E-state index is 13.0. The molecule has 178 valence electrons. The second kappa shape index (κ2) is 11.2. The lowest BCUT2D eigenvalue weighted by Gasteiger charge is -2.30. The third-order valence-corrected chi connectivity index (χ3v) is 7.49. The number of piperidine rings is 1. The van der Waals surface area contributed by atoms with E-state index >= 15 is 0 Å². The van der Waals surface area contributed by atoms with Gasteiger partial charge >= 0.3 is 5.97 Å². The maximum Gasteiger partial charge on any atom is 0.309 e. The molecule has 0 atom stereocenters. The smallest absolute Gasteiger partial charge is 0.309 e. The van der Waals surface area contributed by atoms with Gasteiger partial charge in [0.05, 0.1) is 23.1 Å². The molecule has 8 nitrogen and oxygen atoms in total. The summed E-state index contributed by atoms with van der Waals surface area (Å²) in [7, 11) is -3.67. The lowest BCUT2D eigenvalue weighted by molar-refractivity contribution is -0.151. The van der Waals surface area contributed by atoms with Gasteiger partial charge in [-0.15, -0.1) is 0 Å². The number of hydrogen-bond donors (Lipinski definition) is 0. The van der Waals surface area contributed by atoms with Gasteiger partial charge in [0.25, 0.3) is 15.9 Å². The van der Waals surface area contributed by atoms with Crippen molar-refractivity contribution in [2.24, 2.45) is 5.92 Å². The zero-order chi connectivity index (χ0) is 23.8. The maximum absolute atomic E-state index is 13.0. The number of anilines is 1. The fourth-order valence-corrected chi connectivity index (χ4v) is 5.28. The predicted molar refractivity (Wildman–Crippen MR) is 125 cm³/mol. The van der Waals surface area contributed by atoms with E-state index in [2.05, 4.69) is 0 Å². The van der Waals surface area contributed by atoms with Crippen LogP contribution in [0.3, 0.4) is 0 Å². The molecule has 1 saturated heterocycles. The molecule has 0 spiro atoms. The Morgan fingerprint density at radius 2 is 1.64 bits per heavy atom. The standard InChI is InChI=1S/C24H30N2O6S/c1-3-26(33(29,30)22-8-6-5-7-9-22)20-10-12-21(13-11-20)32-18-23(27)25-16-14-19(15-17-25)24(28)31-4-2/h5-13,19H,3-4,14-18H2,1-2H3. The minimum absolute atomic E-state index is 0.122. The molecule has 1 fully saturated rings. The topological polar surface area (TPSA) is 93.2 Å². The van der Waals surface area contributed by atoms with Crippen molar-refractivity contribution in [3.8, 4) is 5.75 Å². The van der Waals surface area contributed by atoms with Crippen LogP contribution in [0.2, 0.25) is 0 Å². The van der Waals surface area contributed by atoms with E-state index in [1.54, 1.807) is 73.3 Å². The van der Waals surface area contributed by atoms with Gasteiger partial charge in [-0.25, -0.2) is 8.42 Å². The van der Waals surface area contributed by atoms with Crippen LogP contribution in [-0.4, -0.2) is 58.0 Å². The van der Waals surface area contributed by atoms with E-state index < -0.39 is 10.0 Å². The average molecular weight is 475 g/mol. The van der Waals surface area contributed by atoms with Gasteiger partial charge in [-0.05, 0) is 63.1 Å². The summed E-state index contributed by atoms with van der Waals surface area (Å²) in [6.07, 6.45) is 1.17. The first-order valence-electron chi connectivity index (χ1n) is 11.1. The Bertz CT molecular complexity index is 1030. The Morgan fingerprint density at radius 1 is 1.00 bits per heavy atom. The monoisotopic (exact) mass is 474 g/mol. The van der Waals surface area contributed by atoms with Gasteiger partial charge in [0, 0.05) is 19.6 Å². The lowest BCUT2D eigenvalue weighted by Crippen LogP contribution is -2.42. The number of carbonyl (C=O) groups excluding carboxylic acids is 2. The zero-order valence-corrected chi connectivity index (χ0v) is 19.8. The molecule has 0 aliphatic carbocycles. The number of sulfonamides is 1. The Labute approximate surface area is 195 Å². The molecular formula is C24H30N2O6S. The first-order chi connectivity index (χ1) is 15.9. The number of benzene rings is 2. The number of ether oxygens (including phenoxy) is 2. The second-order valence-corrected chi connectivity index (χ2v) is 9.53. The van der Waals surface area contributed by atoms with Crippen LogP contribution in [0.5, 0.6) is 5.75 Å².